The first kappa shape index (κ1) is 37.0. The van der Waals surface area contributed by atoms with Crippen LogP contribution in [0.4, 0.5) is 0 Å². The largest absolute Gasteiger partial charge is 0.374 e. The van der Waals surface area contributed by atoms with Crippen molar-refractivity contribution in [3.05, 3.63) is 48.0 Å². The van der Waals surface area contributed by atoms with Crippen LogP contribution in [-0.2, 0) is 25.6 Å². The maximum Gasteiger partial charge on any atom is 0.246 e. The fourth-order valence-corrected chi connectivity index (χ4v) is 10.7. The van der Waals surface area contributed by atoms with Gasteiger partial charge >= 0.3 is 0 Å². The summed E-state index contributed by atoms with van der Waals surface area (Å²) in [5.41, 5.74) is 2.05. The van der Waals surface area contributed by atoms with E-state index < -0.39 is 5.60 Å². The molecule has 2 saturated carbocycles. The van der Waals surface area contributed by atoms with Gasteiger partial charge in [-0.25, -0.2) is 4.90 Å². The molecule has 0 radical (unpaired) electrons. The van der Waals surface area contributed by atoms with Crippen LogP contribution in [0.25, 0.3) is 0 Å². The van der Waals surface area contributed by atoms with Crippen molar-refractivity contribution in [2.24, 2.45) is 5.92 Å². The third kappa shape index (κ3) is 7.68. The molecule has 280 valence electrons. The number of amides is 1. The van der Waals surface area contributed by atoms with Crippen LogP contribution in [0.2, 0.25) is 0 Å². The van der Waals surface area contributed by atoms with E-state index in [1.165, 1.54) is 81.4 Å². The van der Waals surface area contributed by atoms with Gasteiger partial charge in [0.05, 0.1) is 37.9 Å². The molecule has 1 spiro atoms. The van der Waals surface area contributed by atoms with Crippen LogP contribution in [0.1, 0.15) is 107 Å². The molecular weight excluding hydrogens is 640 g/mol. The predicted molar refractivity (Wildman–Crippen MR) is 197 cm³/mol. The van der Waals surface area contributed by atoms with Gasteiger partial charge in [-0.05, 0) is 75.7 Å². The van der Waals surface area contributed by atoms with Crippen LogP contribution in [-0.4, -0.2) is 115 Å². The van der Waals surface area contributed by atoms with Gasteiger partial charge in [0, 0.05) is 50.8 Å². The quantitative estimate of drug-likeness (QED) is 0.350. The highest BCUT2D eigenvalue weighted by atomic mass is 16.5. The average molecular weight is 703 g/mol. The van der Waals surface area contributed by atoms with Gasteiger partial charge in [-0.1, -0.05) is 69.4 Å². The van der Waals surface area contributed by atoms with Crippen LogP contribution >= 0.6 is 0 Å². The molecule has 4 heterocycles. The summed E-state index contributed by atoms with van der Waals surface area (Å²) in [6.45, 7) is 8.27. The zero-order valence-corrected chi connectivity index (χ0v) is 31.2. The summed E-state index contributed by atoms with van der Waals surface area (Å²) in [7, 11) is 4.07. The average Bonchev–Trinajstić information content (AvgIpc) is 3.62. The number of hydrogen-bond acceptors (Lipinski definition) is 9. The van der Waals surface area contributed by atoms with E-state index in [9.17, 15) is 10.1 Å². The van der Waals surface area contributed by atoms with E-state index in [0.29, 0.717) is 50.7 Å². The molecule has 0 aromatic heterocycles. The maximum absolute atomic E-state index is 13.0. The second-order valence-corrected chi connectivity index (χ2v) is 16.3. The number of ether oxygens (including phenoxy) is 3. The standard InChI is InChI=1S/C41H62N6O4/c1-4-37(48)46-25-24-45(27-32(46)20-22-42)39-35-19-21-41(38(49-3)34-18-12-11-14-30(34)28-51-41)26-36(35)43-40(50-29-33-17-13-23-44(33)2)47(39)31-15-9-7-5-6-8-10-16-31/h4,11-12,14,18,31-33,35-36,38-40,43H,1,5-10,13,15-17,19-21,23-29H2,2-3H3/t32?,33?,35?,36?,38?,39?,40?,41-/m1/s1. The third-order valence-corrected chi connectivity index (χ3v) is 13.4. The monoisotopic (exact) mass is 702 g/mol. The van der Waals surface area contributed by atoms with Crippen LogP contribution < -0.4 is 5.32 Å². The van der Waals surface area contributed by atoms with E-state index in [2.05, 4.69) is 64.0 Å². The molecule has 1 aromatic rings. The minimum absolute atomic E-state index is 0.0759. The highest BCUT2D eigenvalue weighted by Crippen LogP contribution is 2.51. The molecule has 10 heteroatoms. The molecule has 10 nitrogen and oxygen atoms in total. The summed E-state index contributed by atoms with van der Waals surface area (Å²) in [5.74, 6) is 0.257. The number of fused-ring (bicyclic) bond motifs is 2. The Balaban J connectivity index is 1.24. The molecule has 3 saturated heterocycles. The first-order valence-corrected chi connectivity index (χ1v) is 20.1. The van der Waals surface area contributed by atoms with Crippen molar-refractivity contribution in [2.75, 3.05) is 46.9 Å². The molecule has 2 aliphatic carbocycles. The Kier molecular flexibility index (Phi) is 12.1. The number of carbonyl (C=O) groups excluding carboxylic acids is 1. The third-order valence-electron chi connectivity index (χ3n) is 13.4. The van der Waals surface area contributed by atoms with E-state index in [1.54, 1.807) is 0 Å². The second kappa shape index (κ2) is 16.8. The van der Waals surface area contributed by atoms with Crippen molar-refractivity contribution < 1.29 is 19.0 Å². The molecule has 5 fully saturated rings. The Hall–Kier alpha value is -2.36. The number of likely N-dealkylation sites (tertiary alicyclic amines) is 1. The Bertz CT molecular complexity index is 1380. The first-order chi connectivity index (χ1) is 25.0. The van der Waals surface area contributed by atoms with Gasteiger partial charge < -0.3 is 24.0 Å². The van der Waals surface area contributed by atoms with E-state index in [0.717, 1.165) is 32.4 Å². The van der Waals surface area contributed by atoms with Crippen molar-refractivity contribution >= 4 is 5.91 Å². The Morgan fingerprint density at radius 1 is 1.06 bits per heavy atom. The van der Waals surface area contributed by atoms with Crippen molar-refractivity contribution in [2.45, 2.75) is 145 Å². The molecule has 51 heavy (non-hydrogen) atoms. The Labute approximate surface area is 306 Å². The molecule has 1 amide bonds. The lowest BCUT2D eigenvalue weighted by atomic mass is 9.67. The number of nitriles is 1. The van der Waals surface area contributed by atoms with Gasteiger partial charge in [0.25, 0.3) is 0 Å². The number of benzene rings is 1. The maximum atomic E-state index is 13.0. The Morgan fingerprint density at radius 2 is 1.84 bits per heavy atom. The van der Waals surface area contributed by atoms with Gasteiger partial charge in [0.15, 0.2) is 6.35 Å². The predicted octanol–water partition coefficient (Wildman–Crippen LogP) is 5.55. The Morgan fingerprint density at radius 3 is 2.57 bits per heavy atom. The molecule has 1 N–H and O–H groups in total. The number of hydrogen-bond donors (Lipinski definition) is 1. The summed E-state index contributed by atoms with van der Waals surface area (Å²) in [5, 5.41) is 14.1. The lowest BCUT2D eigenvalue weighted by molar-refractivity contribution is -0.241. The van der Waals surface area contributed by atoms with Gasteiger partial charge in [-0.15, -0.1) is 0 Å². The number of nitrogens with one attached hydrogen (secondary N) is 1. The summed E-state index contributed by atoms with van der Waals surface area (Å²) in [6.07, 6.45) is 16.7. The fraction of sp³-hybridized carbons (Fsp3) is 0.756. The van der Waals surface area contributed by atoms with Gasteiger partial charge in [0.2, 0.25) is 5.91 Å². The van der Waals surface area contributed by atoms with Gasteiger partial charge in [0.1, 0.15) is 11.7 Å². The van der Waals surface area contributed by atoms with Gasteiger partial charge in [-0.2, -0.15) is 5.26 Å². The number of likely N-dealkylation sites (N-methyl/N-ethyl adjacent to an activating group) is 1. The van der Waals surface area contributed by atoms with E-state index in [4.69, 9.17) is 14.2 Å². The fourth-order valence-electron chi connectivity index (χ4n) is 10.7. The molecule has 7 unspecified atom stereocenters. The molecule has 0 bridgehead atoms. The summed E-state index contributed by atoms with van der Waals surface area (Å²) in [6, 6.07) is 11.8. The topological polar surface area (TPSA) is 93.5 Å². The van der Waals surface area contributed by atoms with Crippen LogP contribution in [0.5, 0.6) is 0 Å². The number of rotatable bonds is 8. The molecule has 8 atom stereocenters. The smallest absolute Gasteiger partial charge is 0.246 e. The van der Waals surface area contributed by atoms with Crippen LogP contribution in [0.3, 0.4) is 0 Å². The minimum atomic E-state index is -0.420. The normalized spacial score (nSPS) is 36.0. The van der Waals surface area contributed by atoms with Gasteiger partial charge in [-0.3, -0.25) is 15.0 Å². The zero-order valence-electron chi connectivity index (χ0n) is 31.2. The summed E-state index contributed by atoms with van der Waals surface area (Å²) in [4.78, 5) is 22.7. The van der Waals surface area contributed by atoms with Crippen LogP contribution in [0.15, 0.2) is 36.9 Å². The molecular formula is C41H62N6O4. The van der Waals surface area contributed by atoms with Crippen molar-refractivity contribution in [3.63, 3.8) is 0 Å². The van der Waals surface area contributed by atoms with E-state index in [-0.39, 0.29) is 36.6 Å². The van der Waals surface area contributed by atoms with E-state index in [1.807, 2.05) is 12.0 Å². The zero-order chi connectivity index (χ0) is 35.4. The lowest BCUT2D eigenvalue weighted by Gasteiger charge is -2.61. The highest BCUT2D eigenvalue weighted by molar-refractivity contribution is 5.87. The molecule has 7 rings (SSSR count). The highest BCUT2D eigenvalue weighted by Gasteiger charge is 2.57. The SMILES string of the molecule is C=CC(=O)N1CCN(C2C3CC[C@]4(CC3NC(OCC3CCCN3C)N2C2CCCCCCCC2)OCc2ccccc2C4OC)CC1CC#N. The number of nitrogens with zero attached hydrogens (tertiary/aromatic N) is 5. The summed E-state index contributed by atoms with van der Waals surface area (Å²) < 4.78 is 20.4. The molecule has 1 aromatic carbocycles. The minimum Gasteiger partial charge on any atom is -0.374 e. The lowest BCUT2D eigenvalue weighted by Crippen LogP contribution is -2.75. The van der Waals surface area contributed by atoms with Crippen molar-refractivity contribution in [1.82, 2.24) is 24.9 Å². The van der Waals surface area contributed by atoms with Crippen molar-refractivity contribution in [3.8, 4) is 6.07 Å². The second-order valence-electron chi connectivity index (χ2n) is 16.3. The van der Waals surface area contributed by atoms with E-state index >= 15 is 0 Å². The molecule has 4 aliphatic heterocycles. The summed E-state index contributed by atoms with van der Waals surface area (Å²) >= 11 is 0. The number of methoxy groups -OCH3 is 1. The van der Waals surface area contributed by atoms with Crippen LogP contribution in [0, 0.1) is 17.2 Å². The molecule has 6 aliphatic rings. The number of carbonyl (C=O) groups is 1. The first-order valence-electron chi connectivity index (χ1n) is 20.1. The van der Waals surface area contributed by atoms with Crippen molar-refractivity contribution in [1.29, 1.82) is 5.26 Å². The number of piperazine rings is 1.